The standard InChI is InChI=1S/C21H16Cl2N2O3/c1-28-17-8-5-13(6-9-17)20(26)24-15-3-2-4-16(12-15)25-21(27)18-10-7-14(22)11-19(18)23/h2-12H,1H3,(H,24,26)(H,25,27). The molecule has 2 N–H and O–H groups in total. The number of rotatable bonds is 5. The largest absolute Gasteiger partial charge is 0.497 e. The molecule has 0 saturated heterocycles. The molecule has 0 atom stereocenters. The van der Waals surface area contributed by atoms with Crippen LogP contribution in [0.3, 0.4) is 0 Å². The summed E-state index contributed by atoms with van der Waals surface area (Å²) in [5, 5.41) is 6.25. The summed E-state index contributed by atoms with van der Waals surface area (Å²) in [6.07, 6.45) is 0. The Morgan fingerprint density at radius 1 is 0.821 bits per heavy atom. The van der Waals surface area contributed by atoms with Crippen molar-refractivity contribution in [3.05, 3.63) is 87.9 Å². The van der Waals surface area contributed by atoms with Crippen molar-refractivity contribution in [1.82, 2.24) is 0 Å². The molecule has 0 fully saturated rings. The van der Waals surface area contributed by atoms with Gasteiger partial charge >= 0.3 is 0 Å². The van der Waals surface area contributed by atoms with Crippen LogP contribution in [0, 0.1) is 0 Å². The van der Waals surface area contributed by atoms with Crippen molar-refractivity contribution in [3.63, 3.8) is 0 Å². The van der Waals surface area contributed by atoms with Crippen LogP contribution in [0.1, 0.15) is 20.7 Å². The molecule has 2 amide bonds. The average Bonchev–Trinajstić information content (AvgIpc) is 2.68. The highest BCUT2D eigenvalue weighted by Crippen LogP contribution is 2.23. The van der Waals surface area contributed by atoms with E-state index in [1.54, 1.807) is 67.8 Å². The number of carbonyl (C=O) groups excluding carboxylic acids is 2. The van der Waals surface area contributed by atoms with E-state index in [9.17, 15) is 9.59 Å². The van der Waals surface area contributed by atoms with Gasteiger partial charge in [0.25, 0.3) is 11.8 Å². The topological polar surface area (TPSA) is 67.4 Å². The number of ether oxygens (including phenoxy) is 1. The molecule has 0 unspecified atom stereocenters. The van der Waals surface area contributed by atoms with Gasteiger partial charge in [0.2, 0.25) is 0 Å². The Morgan fingerprint density at radius 2 is 1.46 bits per heavy atom. The Bertz CT molecular complexity index is 1020. The van der Waals surface area contributed by atoms with Gasteiger partial charge in [-0.1, -0.05) is 29.3 Å². The van der Waals surface area contributed by atoms with E-state index in [1.165, 1.54) is 6.07 Å². The molecule has 3 aromatic carbocycles. The maximum absolute atomic E-state index is 12.4. The van der Waals surface area contributed by atoms with E-state index in [0.717, 1.165) is 0 Å². The van der Waals surface area contributed by atoms with E-state index in [2.05, 4.69) is 10.6 Å². The van der Waals surface area contributed by atoms with Gasteiger partial charge in [-0.3, -0.25) is 9.59 Å². The molecule has 0 aromatic heterocycles. The fraction of sp³-hybridized carbons (Fsp3) is 0.0476. The molecule has 7 heteroatoms. The Hall–Kier alpha value is -3.02. The monoisotopic (exact) mass is 414 g/mol. The molecule has 5 nitrogen and oxygen atoms in total. The third kappa shape index (κ3) is 4.82. The van der Waals surface area contributed by atoms with Crippen molar-refractivity contribution < 1.29 is 14.3 Å². The molecule has 28 heavy (non-hydrogen) atoms. The molecule has 142 valence electrons. The van der Waals surface area contributed by atoms with Gasteiger partial charge in [-0.05, 0) is 60.7 Å². The quantitative estimate of drug-likeness (QED) is 0.578. The van der Waals surface area contributed by atoms with Gasteiger partial charge in [0, 0.05) is 22.0 Å². The number of amides is 2. The van der Waals surface area contributed by atoms with Crippen molar-refractivity contribution in [3.8, 4) is 5.75 Å². The van der Waals surface area contributed by atoms with Crippen LogP contribution in [0.25, 0.3) is 0 Å². The summed E-state index contributed by atoms with van der Waals surface area (Å²) >= 11 is 11.9. The maximum Gasteiger partial charge on any atom is 0.257 e. The molecule has 0 aliphatic rings. The van der Waals surface area contributed by atoms with E-state index in [-0.39, 0.29) is 16.8 Å². The highest BCUT2D eigenvalue weighted by molar-refractivity contribution is 6.37. The number of hydrogen-bond acceptors (Lipinski definition) is 3. The van der Waals surface area contributed by atoms with Crippen LogP contribution in [0.15, 0.2) is 66.7 Å². The number of hydrogen-bond donors (Lipinski definition) is 2. The SMILES string of the molecule is COc1ccc(C(=O)Nc2cccc(NC(=O)c3ccc(Cl)cc3Cl)c2)cc1. The Balaban J connectivity index is 1.71. The summed E-state index contributed by atoms with van der Waals surface area (Å²) in [7, 11) is 1.56. The predicted octanol–water partition coefficient (Wildman–Crippen LogP) is 5.51. The van der Waals surface area contributed by atoms with Crippen molar-refractivity contribution in [2.24, 2.45) is 0 Å². The lowest BCUT2D eigenvalue weighted by molar-refractivity contribution is 0.101. The molecule has 0 radical (unpaired) electrons. The second-order valence-electron chi connectivity index (χ2n) is 5.84. The van der Waals surface area contributed by atoms with Gasteiger partial charge in [-0.2, -0.15) is 0 Å². The highest BCUT2D eigenvalue weighted by atomic mass is 35.5. The molecule has 0 spiro atoms. The molecule has 0 aliphatic heterocycles. The molecular formula is C21H16Cl2N2O3. The number of nitrogens with one attached hydrogen (secondary N) is 2. The van der Waals surface area contributed by atoms with Gasteiger partial charge in [-0.15, -0.1) is 0 Å². The van der Waals surface area contributed by atoms with Gasteiger partial charge in [-0.25, -0.2) is 0 Å². The first-order chi connectivity index (χ1) is 13.5. The normalized spacial score (nSPS) is 10.2. The van der Waals surface area contributed by atoms with E-state index >= 15 is 0 Å². The minimum atomic E-state index is -0.375. The summed E-state index contributed by atoms with van der Waals surface area (Å²) in [4.78, 5) is 24.8. The third-order valence-corrected chi connectivity index (χ3v) is 4.45. The average molecular weight is 415 g/mol. The Morgan fingerprint density at radius 3 is 2.07 bits per heavy atom. The zero-order valence-corrected chi connectivity index (χ0v) is 16.3. The van der Waals surface area contributed by atoms with E-state index in [0.29, 0.717) is 33.3 Å². The number of anilines is 2. The summed E-state index contributed by atoms with van der Waals surface area (Å²) in [5.41, 5.74) is 1.85. The molecule has 0 heterocycles. The molecular weight excluding hydrogens is 399 g/mol. The fourth-order valence-corrected chi connectivity index (χ4v) is 2.99. The van der Waals surface area contributed by atoms with Crippen LogP contribution in [-0.4, -0.2) is 18.9 Å². The van der Waals surface area contributed by atoms with Crippen molar-refractivity contribution in [1.29, 1.82) is 0 Å². The van der Waals surface area contributed by atoms with Crippen LogP contribution < -0.4 is 15.4 Å². The van der Waals surface area contributed by atoms with Crippen LogP contribution in [-0.2, 0) is 0 Å². The third-order valence-electron chi connectivity index (χ3n) is 3.91. The molecule has 3 rings (SSSR count). The summed E-state index contributed by atoms with van der Waals surface area (Å²) in [6.45, 7) is 0. The number of methoxy groups -OCH3 is 1. The number of benzene rings is 3. The van der Waals surface area contributed by atoms with Gasteiger partial charge in [0.1, 0.15) is 5.75 Å². The maximum atomic E-state index is 12.4. The highest BCUT2D eigenvalue weighted by Gasteiger charge is 2.12. The lowest BCUT2D eigenvalue weighted by atomic mass is 10.2. The number of carbonyl (C=O) groups is 2. The van der Waals surface area contributed by atoms with Crippen molar-refractivity contribution in [2.45, 2.75) is 0 Å². The lowest BCUT2D eigenvalue weighted by Gasteiger charge is -2.10. The summed E-state index contributed by atoms with van der Waals surface area (Å²) in [5.74, 6) is 0.0225. The van der Waals surface area contributed by atoms with Gasteiger partial charge < -0.3 is 15.4 Å². The number of halogens is 2. The minimum absolute atomic E-state index is 0.258. The Kier molecular flexibility index (Phi) is 6.19. The van der Waals surface area contributed by atoms with Crippen LogP contribution in [0.5, 0.6) is 5.75 Å². The predicted molar refractivity (Wildman–Crippen MR) is 112 cm³/mol. The van der Waals surface area contributed by atoms with E-state index < -0.39 is 0 Å². The van der Waals surface area contributed by atoms with Crippen LogP contribution in [0.2, 0.25) is 10.0 Å². The molecule has 0 aliphatic carbocycles. The summed E-state index contributed by atoms with van der Waals surface area (Å²) in [6, 6.07) is 18.2. The van der Waals surface area contributed by atoms with Gasteiger partial charge in [0.05, 0.1) is 17.7 Å². The molecule has 0 bridgehead atoms. The van der Waals surface area contributed by atoms with Crippen LogP contribution >= 0.6 is 23.2 Å². The first kappa shape index (κ1) is 19.7. The summed E-state index contributed by atoms with van der Waals surface area (Å²) < 4.78 is 5.08. The van der Waals surface area contributed by atoms with E-state index in [1.807, 2.05) is 0 Å². The molecule has 0 saturated carbocycles. The first-order valence-corrected chi connectivity index (χ1v) is 9.04. The van der Waals surface area contributed by atoms with Crippen molar-refractivity contribution in [2.75, 3.05) is 17.7 Å². The smallest absolute Gasteiger partial charge is 0.257 e. The lowest BCUT2D eigenvalue weighted by Crippen LogP contribution is -2.14. The second-order valence-corrected chi connectivity index (χ2v) is 6.69. The second kappa shape index (κ2) is 8.78. The Labute approximate surface area is 172 Å². The zero-order valence-electron chi connectivity index (χ0n) is 14.8. The first-order valence-electron chi connectivity index (χ1n) is 8.28. The van der Waals surface area contributed by atoms with Crippen LogP contribution in [0.4, 0.5) is 11.4 Å². The van der Waals surface area contributed by atoms with Crippen molar-refractivity contribution >= 4 is 46.4 Å². The minimum Gasteiger partial charge on any atom is -0.497 e. The molecule has 3 aromatic rings. The van der Waals surface area contributed by atoms with Gasteiger partial charge in [0.15, 0.2) is 0 Å². The van der Waals surface area contributed by atoms with E-state index in [4.69, 9.17) is 27.9 Å². The fourth-order valence-electron chi connectivity index (χ4n) is 2.49. The zero-order chi connectivity index (χ0) is 20.1.